The number of aromatic nitrogens is 1. The lowest BCUT2D eigenvalue weighted by Gasteiger charge is -2.25. The Bertz CT molecular complexity index is 1700. The summed E-state index contributed by atoms with van der Waals surface area (Å²) in [7, 11) is 2.83. The number of methoxy groups -OCH3 is 2. The van der Waals surface area contributed by atoms with Crippen molar-refractivity contribution in [2.75, 3.05) is 20.8 Å². The highest BCUT2D eigenvalue weighted by atomic mass is 16.6. The molecule has 1 amide bonds. The third kappa shape index (κ3) is 5.00. The minimum Gasteiger partial charge on any atom is -0.507 e. The normalized spacial score (nSPS) is 16.2. The number of nitrogens with one attached hydrogen (secondary N) is 1. The maximum Gasteiger partial charge on any atom is 0.337 e. The summed E-state index contributed by atoms with van der Waals surface area (Å²) in [6, 6.07) is 15.9. The monoisotopic (exact) mass is 555 g/mol. The quantitative estimate of drug-likeness (QED) is 0.0803. The summed E-state index contributed by atoms with van der Waals surface area (Å²) in [5.41, 5.74) is 2.35. The maximum absolute atomic E-state index is 13.4. The number of aliphatic hydroxyl groups is 1. The molecule has 2 heterocycles. The number of ether oxygens (including phenoxy) is 2. The smallest absolute Gasteiger partial charge is 0.337 e. The molecule has 1 aliphatic heterocycles. The molecule has 11 nitrogen and oxygen atoms in total. The number of nitro benzene ring substituents is 1. The number of non-ortho nitro benzene ring substituents is 1. The van der Waals surface area contributed by atoms with Gasteiger partial charge in [0.1, 0.15) is 11.5 Å². The highest BCUT2D eigenvalue weighted by Crippen LogP contribution is 2.40. The number of hydrogen-bond acceptors (Lipinski definition) is 8. The molecule has 0 unspecified atom stereocenters. The van der Waals surface area contributed by atoms with Crippen LogP contribution in [-0.2, 0) is 20.7 Å². The van der Waals surface area contributed by atoms with E-state index in [9.17, 15) is 29.6 Å². The Hall–Kier alpha value is -5.45. The largest absolute Gasteiger partial charge is 0.507 e. The number of carbonyl (C=O) groups excluding carboxylic acids is 3. The van der Waals surface area contributed by atoms with E-state index < -0.39 is 34.4 Å². The van der Waals surface area contributed by atoms with Gasteiger partial charge in [0.15, 0.2) is 0 Å². The highest BCUT2D eigenvalue weighted by Gasteiger charge is 2.46. The average molecular weight is 556 g/mol. The molecule has 3 aromatic carbocycles. The van der Waals surface area contributed by atoms with Gasteiger partial charge < -0.3 is 24.5 Å². The Morgan fingerprint density at radius 3 is 2.34 bits per heavy atom. The average Bonchev–Trinajstić information content (AvgIpc) is 3.52. The van der Waals surface area contributed by atoms with E-state index in [-0.39, 0.29) is 28.9 Å². The van der Waals surface area contributed by atoms with Crippen molar-refractivity contribution in [3.63, 3.8) is 0 Å². The number of amides is 1. The van der Waals surface area contributed by atoms with Gasteiger partial charge >= 0.3 is 5.97 Å². The zero-order chi connectivity index (χ0) is 29.3. The molecule has 0 spiro atoms. The maximum atomic E-state index is 13.4. The lowest BCUT2D eigenvalue weighted by atomic mass is 9.94. The van der Waals surface area contributed by atoms with Crippen LogP contribution >= 0.6 is 0 Å². The number of benzene rings is 3. The van der Waals surface area contributed by atoms with Crippen LogP contribution in [-0.4, -0.2) is 58.3 Å². The fourth-order valence-electron chi connectivity index (χ4n) is 5.01. The molecule has 0 radical (unpaired) electrons. The number of likely N-dealkylation sites (tertiary alicyclic amines) is 1. The summed E-state index contributed by atoms with van der Waals surface area (Å²) in [4.78, 5) is 53.8. The second-order valence-electron chi connectivity index (χ2n) is 9.39. The van der Waals surface area contributed by atoms with Gasteiger partial charge in [-0.1, -0.05) is 12.1 Å². The molecule has 0 saturated carbocycles. The molecule has 208 valence electrons. The Balaban J connectivity index is 1.56. The predicted octanol–water partition coefficient (Wildman–Crippen LogP) is 4.54. The molecule has 4 aromatic rings. The van der Waals surface area contributed by atoms with Crippen molar-refractivity contribution in [3.05, 3.63) is 111 Å². The molecule has 0 bridgehead atoms. The Labute approximate surface area is 233 Å². The van der Waals surface area contributed by atoms with E-state index in [0.29, 0.717) is 17.7 Å². The van der Waals surface area contributed by atoms with Crippen molar-refractivity contribution in [1.29, 1.82) is 0 Å². The lowest BCUT2D eigenvalue weighted by Crippen LogP contribution is -2.31. The van der Waals surface area contributed by atoms with Gasteiger partial charge in [-0.05, 0) is 60.0 Å². The first-order chi connectivity index (χ1) is 19.7. The fourth-order valence-corrected chi connectivity index (χ4v) is 5.01. The van der Waals surface area contributed by atoms with Crippen LogP contribution in [0, 0.1) is 10.1 Å². The number of aliphatic hydroxyl groups excluding tert-OH is 1. The van der Waals surface area contributed by atoms with Crippen LogP contribution in [0.1, 0.15) is 33.1 Å². The van der Waals surface area contributed by atoms with Crippen LogP contribution in [0.15, 0.2) is 78.5 Å². The molecule has 5 rings (SSSR count). The van der Waals surface area contributed by atoms with Crippen molar-refractivity contribution >= 4 is 40.0 Å². The molecule has 1 aliphatic rings. The molecule has 1 atom stereocenters. The second-order valence-corrected chi connectivity index (χ2v) is 9.39. The van der Waals surface area contributed by atoms with Gasteiger partial charge in [0.2, 0.25) is 0 Å². The number of H-pyrrole nitrogens is 1. The molecular weight excluding hydrogens is 530 g/mol. The fraction of sp³-hybridized carbons (Fsp3) is 0.167. The van der Waals surface area contributed by atoms with E-state index in [0.717, 1.165) is 16.5 Å². The molecular formula is C30H25N3O8. The third-order valence-electron chi connectivity index (χ3n) is 7.14. The minimum absolute atomic E-state index is 0.134. The van der Waals surface area contributed by atoms with E-state index in [2.05, 4.69) is 4.98 Å². The Morgan fingerprint density at radius 1 is 1.02 bits per heavy atom. The number of nitrogens with zero attached hydrogens (tertiary/aromatic N) is 2. The molecule has 41 heavy (non-hydrogen) atoms. The first kappa shape index (κ1) is 27.1. The second kappa shape index (κ2) is 11.0. The predicted molar refractivity (Wildman–Crippen MR) is 148 cm³/mol. The van der Waals surface area contributed by atoms with Crippen molar-refractivity contribution in [3.8, 4) is 5.75 Å². The summed E-state index contributed by atoms with van der Waals surface area (Å²) in [6.45, 7) is 0.134. The van der Waals surface area contributed by atoms with E-state index in [1.807, 2.05) is 24.4 Å². The van der Waals surface area contributed by atoms with Crippen molar-refractivity contribution < 1.29 is 33.9 Å². The highest BCUT2D eigenvalue weighted by molar-refractivity contribution is 6.46. The first-order valence-corrected chi connectivity index (χ1v) is 12.6. The first-order valence-electron chi connectivity index (χ1n) is 12.6. The summed E-state index contributed by atoms with van der Waals surface area (Å²) < 4.78 is 10.1. The molecule has 1 fully saturated rings. The van der Waals surface area contributed by atoms with Crippen LogP contribution in [0.4, 0.5) is 5.69 Å². The summed E-state index contributed by atoms with van der Waals surface area (Å²) >= 11 is 0. The Morgan fingerprint density at radius 2 is 1.71 bits per heavy atom. The number of esters is 1. The van der Waals surface area contributed by atoms with Gasteiger partial charge in [-0.25, -0.2) is 4.79 Å². The number of hydrogen-bond donors (Lipinski definition) is 2. The third-order valence-corrected chi connectivity index (χ3v) is 7.14. The number of aromatic amines is 1. The number of Topliss-reactive ketones (excluding diaryl/α,β-unsaturated/α-hetero) is 1. The van der Waals surface area contributed by atoms with E-state index in [1.165, 1.54) is 48.4 Å². The van der Waals surface area contributed by atoms with Gasteiger partial charge in [-0.15, -0.1) is 0 Å². The number of rotatable bonds is 8. The van der Waals surface area contributed by atoms with Gasteiger partial charge in [0.05, 0.1) is 36.3 Å². The zero-order valence-electron chi connectivity index (χ0n) is 22.1. The van der Waals surface area contributed by atoms with Gasteiger partial charge in [-0.3, -0.25) is 19.7 Å². The molecule has 1 aromatic heterocycles. The Kier molecular flexibility index (Phi) is 7.26. The van der Waals surface area contributed by atoms with Crippen molar-refractivity contribution in [2.24, 2.45) is 0 Å². The molecule has 0 aliphatic carbocycles. The van der Waals surface area contributed by atoms with Gasteiger partial charge in [-0.2, -0.15) is 0 Å². The van der Waals surface area contributed by atoms with E-state index >= 15 is 0 Å². The topological polar surface area (TPSA) is 152 Å². The molecule has 2 N–H and O–H groups in total. The van der Waals surface area contributed by atoms with E-state index in [4.69, 9.17) is 9.47 Å². The van der Waals surface area contributed by atoms with Crippen LogP contribution in [0.25, 0.3) is 16.7 Å². The zero-order valence-corrected chi connectivity index (χ0v) is 22.1. The number of ketones is 1. The standard InChI is InChI=1S/C30H25N3O8/c1-40-22-11-12-24-23(15-22)20(16-31-24)13-14-32-26(17-3-5-19(6-4-17)30(37)41-2)25(28(35)29(32)36)27(34)18-7-9-21(10-8-18)33(38)39/h3-12,15-16,26,31,34H,13-14H2,1-2H3/t26-/m0/s1. The minimum atomic E-state index is -0.975. The number of nitro groups is 1. The number of fused-ring (bicyclic) bond motifs is 1. The molecule has 1 saturated heterocycles. The van der Waals surface area contributed by atoms with Crippen LogP contribution in [0.2, 0.25) is 0 Å². The van der Waals surface area contributed by atoms with Crippen LogP contribution in [0.3, 0.4) is 0 Å². The number of carbonyl (C=O) groups is 3. The van der Waals surface area contributed by atoms with E-state index in [1.54, 1.807) is 19.2 Å². The van der Waals surface area contributed by atoms with Crippen LogP contribution < -0.4 is 4.74 Å². The van der Waals surface area contributed by atoms with Gasteiger partial charge in [0.25, 0.3) is 17.4 Å². The SMILES string of the molecule is COC(=O)c1ccc([C@H]2C(=C(O)c3ccc([N+](=O)[O-])cc3)C(=O)C(=O)N2CCc2c[nH]c3ccc(OC)cc23)cc1. The summed E-state index contributed by atoms with van der Waals surface area (Å²) in [5, 5.41) is 23.2. The summed E-state index contributed by atoms with van der Waals surface area (Å²) in [5.74, 6) is -2.02. The summed E-state index contributed by atoms with van der Waals surface area (Å²) in [6.07, 6.45) is 2.21. The lowest BCUT2D eigenvalue weighted by molar-refractivity contribution is -0.384. The van der Waals surface area contributed by atoms with Crippen molar-refractivity contribution in [1.82, 2.24) is 9.88 Å². The van der Waals surface area contributed by atoms with Crippen molar-refractivity contribution in [2.45, 2.75) is 12.5 Å². The van der Waals surface area contributed by atoms with Gasteiger partial charge in [0, 0.05) is 41.3 Å². The molecule has 11 heteroatoms. The van der Waals surface area contributed by atoms with Crippen LogP contribution in [0.5, 0.6) is 5.75 Å².